The molecule has 2 rings (SSSR count). The Morgan fingerprint density at radius 3 is 2.83 bits per heavy atom. The zero-order chi connectivity index (χ0) is 13.0. The highest BCUT2D eigenvalue weighted by Gasteiger charge is 2.36. The molecule has 2 bridgehead atoms. The van der Waals surface area contributed by atoms with Gasteiger partial charge >= 0.3 is 5.97 Å². The molecule has 0 radical (unpaired) electrons. The standard InChI is InChI=1S/C16H26O2/c1-3-5-6-12(4-2)11-18-16(17)15-10-13-7-8-14(15)9-13/h10,12-14H,3-9,11H2,1-2H3. The van der Waals surface area contributed by atoms with Gasteiger partial charge in [0.2, 0.25) is 0 Å². The molecule has 0 aromatic heterocycles. The Hall–Kier alpha value is -0.790. The molecule has 102 valence electrons. The van der Waals surface area contributed by atoms with E-state index < -0.39 is 0 Å². The highest BCUT2D eigenvalue weighted by Crippen LogP contribution is 2.44. The smallest absolute Gasteiger partial charge is 0.333 e. The molecule has 0 amide bonds. The van der Waals surface area contributed by atoms with Crippen molar-refractivity contribution in [1.29, 1.82) is 0 Å². The minimum absolute atomic E-state index is 0.0304. The molecule has 0 saturated heterocycles. The normalized spacial score (nSPS) is 27.1. The lowest BCUT2D eigenvalue weighted by atomic mass is 9.98. The summed E-state index contributed by atoms with van der Waals surface area (Å²) in [5.74, 6) is 1.70. The third kappa shape index (κ3) is 3.15. The minimum Gasteiger partial charge on any atom is -0.462 e. The van der Waals surface area contributed by atoms with Gasteiger partial charge in [0.25, 0.3) is 0 Å². The van der Waals surface area contributed by atoms with Gasteiger partial charge in [-0.2, -0.15) is 0 Å². The summed E-state index contributed by atoms with van der Waals surface area (Å²) < 4.78 is 5.52. The van der Waals surface area contributed by atoms with Crippen LogP contribution >= 0.6 is 0 Å². The number of allylic oxidation sites excluding steroid dienone is 1. The highest BCUT2D eigenvalue weighted by molar-refractivity contribution is 5.89. The molecule has 3 atom stereocenters. The minimum atomic E-state index is -0.0304. The van der Waals surface area contributed by atoms with Gasteiger partial charge in [0.15, 0.2) is 0 Å². The molecule has 2 heteroatoms. The fraction of sp³-hybridized carbons (Fsp3) is 0.812. The van der Waals surface area contributed by atoms with Crippen LogP contribution < -0.4 is 0 Å². The van der Waals surface area contributed by atoms with E-state index in [1.165, 1.54) is 38.5 Å². The first-order chi connectivity index (χ1) is 8.74. The summed E-state index contributed by atoms with van der Waals surface area (Å²) in [7, 11) is 0. The Morgan fingerprint density at radius 2 is 2.28 bits per heavy atom. The van der Waals surface area contributed by atoms with Gasteiger partial charge < -0.3 is 4.74 Å². The number of fused-ring (bicyclic) bond motifs is 2. The van der Waals surface area contributed by atoms with Crippen LogP contribution in [0.5, 0.6) is 0 Å². The van der Waals surface area contributed by atoms with Crippen molar-refractivity contribution in [1.82, 2.24) is 0 Å². The monoisotopic (exact) mass is 250 g/mol. The molecule has 2 nitrogen and oxygen atoms in total. The van der Waals surface area contributed by atoms with E-state index in [2.05, 4.69) is 19.9 Å². The first-order valence-corrected chi connectivity index (χ1v) is 7.63. The number of esters is 1. The number of unbranched alkanes of at least 4 members (excludes halogenated alkanes) is 1. The second-order valence-corrected chi connectivity index (χ2v) is 5.91. The zero-order valence-electron chi connectivity index (χ0n) is 11.8. The molecule has 18 heavy (non-hydrogen) atoms. The van der Waals surface area contributed by atoms with Crippen LogP contribution in [0.4, 0.5) is 0 Å². The molecule has 2 aliphatic carbocycles. The molecule has 0 heterocycles. The lowest BCUT2D eigenvalue weighted by Crippen LogP contribution is -2.18. The van der Waals surface area contributed by atoms with Gasteiger partial charge in [-0.3, -0.25) is 0 Å². The molecule has 0 aromatic carbocycles. The van der Waals surface area contributed by atoms with E-state index in [1.807, 2.05) is 0 Å². The number of hydrogen-bond acceptors (Lipinski definition) is 2. The summed E-state index contributed by atoms with van der Waals surface area (Å²) in [4.78, 5) is 12.0. The van der Waals surface area contributed by atoms with Crippen LogP contribution in [-0.4, -0.2) is 12.6 Å². The SMILES string of the molecule is CCCCC(CC)COC(=O)C1=CC2CCC1C2. The first kappa shape index (κ1) is 13.6. The third-order valence-electron chi connectivity index (χ3n) is 4.56. The van der Waals surface area contributed by atoms with Gasteiger partial charge in [-0.1, -0.05) is 39.2 Å². The van der Waals surface area contributed by atoms with Gasteiger partial charge in [-0.15, -0.1) is 0 Å². The highest BCUT2D eigenvalue weighted by atomic mass is 16.5. The molecule has 0 spiro atoms. The van der Waals surface area contributed by atoms with Crippen LogP contribution in [0.2, 0.25) is 0 Å². The maximum Gasteiger partial charge on any atom is 0.333 e. The summed E-state index contributed by atoms with van der Waals surface area (Å²) in [5.41, 5.74) is 0.983. The largest absolute Gasteiger partial charge is 0.462 e. The van der Waals surface area contributed by atoms with Crippen LogP contribution in [0, 0.1) is 17.8 Å². The molecule has 2 aliphatic rings. The second kappa shape index (κ2) is 6.40. The topological polar surface area (TPSA) is 26.3 Å². The summed E-state index contributed by atoms with van der Waals surface area (Å²) in [6.07, 6.45) is 10.6. The average Bonchev–Trinajstić information content (AvgIpc) is 3.01. The molecule has 3 unspecified atom stereocenters. The van der Waals surface area contributed by atoms with Crippen molar-refractivity contribution in [3.05, 3.63) is 11.6 Å². The van der Waals surface area contributed by atoms with E-state index in [-0.39, 0.29) is 5.97 Å². The lowest BCUT2D eigenvalue weighted by molar-refractivity contribution is -0.141. The molecular weight excluding hydrogens is 224 g/mol. The fourth-order valence-corrected chi connectivity index (χ4v) is 3.25. The Kier molecular flexibility index (Phi) is 4.85. The van der Waals surface area contributed by atoms with Crippen molar-refractivity contribution in [3.8, 4) is 0 Å². The van der Waals surface area contributed by atoms with Crippen LogP contribution in [0.1, 0.15) is 58.8 Å². The number of rotatable bonds is 7. The van der Waals surface area contributed by atoms with E-state index in [1.54, 1.807) is 0 Å². The quantitative estimate of drug-likeness (QED) is 0.636. The summed E-state index contributed by atoms with van der Waals surface area (Å²) in [5, 5.41) is 0. The number of hydrogen-bond donors (Lipinski definition) is 0. The molecular formula is C16H26O2. The Labute approximate surface area is 111 Å². The maximum atomic E-state index is 12.0. The molecule has 1 saturated carbocycles. The van der Waals surface area contributed by atoms with Gasteiger partial charge in [0, 0.05) is 5.57 Å². The van der Waals surface area contributed by atoms with Crippen LogP contribution in [0.25, 0.3) is 0 Å². The predicted molar refractivity (Wildman–Crippen MR) is 73.2 cm³/mol. The van der Waals surface area contributed by atoms with Gasteiger partial charge in [0.1, 0.15) is 0 Å². The van der Waals surface area contributed by atoms with Crippen molar-refractivity contribution in [3.63, 3.8) is 0 Å². The first-order valence-electron chi connectivity index (χ1n) is 7.63. The molecule has 0 N–H and O–H groups in total. The van der Waals surface area contributed by atoms with E-state index >= 15 is 0 Å². The van der Waals surface area contributed by atoms with E-state index in [9.17, 15) is 4.79 Å². The fourth-order valence-electron chi connectivity index (χ4n) is 3.25. The summed E-state index contributed by atoms with van der Waals surface area (Å²) in [6.45, 7) is 5.01. The van der Waals surface area contributed by atoms with E-state index in [0.717, 1.165) is 12.0 Å². The van der Waals surface area contributed by atoms with Crippen molar-refractivity contribution in [2.45, 2.75) is 58.8 Å². The van der Waals surface area contributed by atoms with E-state index in [0.29, 0.717) is 24.4 Å². The second-order valence-electron chi connectivity index (χ2n) is 5.91. The Bertz CT molecular complexity index is 319. The van der Waals surface area contributed by atoms with Crippen molar-refractivity contribution >= 4 is 5.97 Å². The predicted octanol–water partition coefficient (Wildman–Crippen LogP) is 4.10. The maximum absolute atomic E-state index is 12.0. The lowest BCUT2D eigenvalue weighted by Gasteiger charge is -2.17. The summed E-state index contributed by atoms with van der Waals surface area (Å²) >= 11 is 0. The number of ether oxygens (including phenoxy) is 1. The molecule has 1 fully saturated rings. The Morgan fingerprint density at radius 1 is 1.44 bits per heavy atom. The summed E-state index contributed by atoms with van der Waals surface area (Å²) in [6, 6.07) is 0. The number of carbonyl (C=O) groups excluding carboxylic acids is 1. The van der Waals surface area contributed by atoms with Gasteiger partial charge in [0.05, 0.1) is 6.61 Å². The van der Waals surface area contributed by atoms with Crippen molar-refractivity contribution in [2.75, 3.05) is 6.61 Å². The molecule has 0 aromatic rings. The van der Waals surface area contributed by atoms with Crippen LogP contribution in [-0.2, 0) is 9.53 Å². The zero-order valence-corrected chi connectivity index (χ0v) is 11.8. The van der Waals surface area contributed by atoms with Crippen LogP contribution in [0.3, 0.4) is 0 Å². The van der Waals surface area contributed by atoms with Gasteiger partial charge in [-0.05, 0) is 43.4 Å². The third-order valence-corrected chi connectivity index (χ3v) is 4.56. The van der Waals surface area contributed by atoms with Crippen molar-refractivity contribution in [2.24, 2.45) is 17.8 Å². The van der Waals surface area contributed by atoms with Gasteiger partial charge in [-0.25, -0.2) is 4.79 Å². The van der Waals surface area contributed by atoms with E-state index in [4.69, 9.17) is 4.74 Å². The van der Waals surface area contributed by atoms with Crippen molar-refractivity contribution < 1.29 is 9.53 Å². The van der Waals surface area contributed by atoms with Crippen LogP contribution in [0.15, 0.2) is 11.6 Å². The number of carbonyl (C=O) groups is 1. The molecule has 0 aliphatic heterocycles. The Balaban J connectivity index is 1.76. The average molecular weight is 250 g/mol.